The van der Waals surface area contributed by atoms with E-state index >= 15 is 0 Å². The predicted octanol–water partition coefficient (Wildman–Crippen LogP) is 4.95. The van der Waals surface area contributed by atoms with E-state index in [1.165, 1.54) is 11.1 Å². The van der Waals surface area contributed by atoms with E-state index in [9.17, 15) is 9.90 Å². The molecule has 0 amide bonds. The lowest BCUT2D eigenvalue weighted by Gasteiger charge is -2.15. The van der Waals surface area contributed by atoms with Crippen LogP contribution in [0.15, 0.2) is 54.6 Å². The van der Waals surface area contributed by atoms with Crippen LogP contribution in [0.5, 0.6) is 0 Å². The molecule has 0 saturated carbocycles. The van der Waals surface area contributed by atoms with E-state index in [2.05, 4.69) is 24.4 Å². The fourth-order valence-corrected chi connectivity index (χ4v) is 3.59. The Balaban J connectivity index is 1.96. The zero-order valence-corrected chi connectivity index (χ0v) is 16.3. The molecule has 0 unspecified atom stereocenters. The number of aromatic nitrogens is 1. The smallest absolute Gasteiger partial charge is 0.337 e. The second kappa shape index (κ2) is 7.80. The number of aryl methyl sites for hydroxylation is 1. The van der Waals surface area contributed by atoms with Gasteiger partial charge in [-0.3, -0.25) is 0 Å². The molecule has 4 heteroatoms. The maximum Gasteiger partial charge on any atom is 0.337 e. The van der Waals surface area contributed by atoms with Gasteiger partial charge in [-0.2, -0.15) is 0 Å². The summed E-state index contributed by atoms with van der Waals surface area (Å²) in [5, 5.41) is 13.3. The molecule has 1 aromatic heterocycles. The van der Waals surface area contributed by atoms with Crippen LogP contribution >= 0.6 is 0 Å². The minimum absolute atomic E-state index is 0.135. The van der Waals surface area contributed by atoms with Gasteiger partial charge < -0.3 is 15.0 Å². The molecule has 0 aliphatic carbocycles. The van der Waals surface area contributed by atoms with Crippen LogP contribution in [0.3, 0.4) is 0 Å². The van der Waals surface area contributed by atoms with Crippen molar-refractivity contribution in [3.63, 3.8) is 0 Å². The van der Waals surface area contributed by atoms with Gasteiger partial charge >= 0.3 is 5.97 Å². The normalized spacial score (nSPS) is 12.1. The number of rotatable bonds is 6. The molecule has 0 fully saturated rings. The van der Waals surface area contributed by atoms with Gasteiger partial charge in [0.25, 0.3) is 0 Å². The molecular weight excluding hydrogens is 336 g/mol. The zero-order chi connectivity index (χ0) is 19.6. The van der Waals surface area contributed by atoms with Crippen molar-refractivity contribution >= 4 is 5.97 Å². The van der Waals surface area contributed by atoms with Crippen molar-refractivity contribution in [3.8, 4) is 5.69 Å². The fourth-order valence-electron chi connectivity index (χ4n) is 3.59. The van der Waals surface area contributed by atoms with Crippen LogP contribution in [0.25, 0.3) is 5.69 Å². The number of benzene rings is 2. The molecule has 0 aliphatic heterocycles. The summed E-state index contributed by atoms with van der Waals surface area (Å²) in [6.07, 6.45) is 0. The maximum atomic E-state index is 12.0. The van der Waals surface area contributed by atoms with Crippen molar-refractivity contribution < 1.29 is 9.90 Å². The first-order chi connectivity index (χ1) is 12.9. The molecule has 0 aliphatic rings. The lowest BCUT2D eigenvalue weighted by atomic mass is 10.1. The quantitative estimate of drug-likeness (QED) is 0.652. The van der Waals surface area contributed by atoms with Crippen molar-refractivity contribution in [3.05, 3.63) is 88.2 Å². The minimum atomic E-state index is -0.884. The van der Waals surface area contributed by atoms with E-state index < -0.39 is 5.97 Å². The van der Waals surface area contributed by atoms with E-state index in [-0.39, 0.29) is 6.04 Å². The van der Waals surface area contributed by atoms with Crippen molar-refractivity contribution in [2.45, 2.75) is 40.3 Å². The Hall–Kier alpha value is -2.85. The SMILES string of the molecule is Cc1ccc(-n2c(C)c(CN[C@@H](C)c3ccccc3)c(C(=O)O)c2C)cc1. The molecule has 0 spiro atoms. The predicted molar refractivity (Wildman–Crippen MR) is 109 cm³/mol. The van der Waals surface area contributed by atoms with Crippen LogP contribution in [-0.4, -0.2) is 15.6 Å². The van der Waals surface area contributed by atoms with Gasteiger partial charge in [-0.05, 0) is 45.4 Å². The molecule has 1 atom stereocenters. The molecule has 2 N–H and O–H groups in total. The molecular formula is C23H26N2O2. The number of nitrogens with zero attached hydrogens (tertiary/aromatic N) is 1. The third-order valence-corrected chi connectivity index (χ3v) is 5.16. The van der Waals surface area contributed by atoms with Gasteiger partial charge in [0, 0.05) is 35.2 Å². The lowest BCUT2D eigenvalue weighted by Crippen LogP contribution is -2.19. The van der Waals surface area contributed by atoms with Crippen LogP contribution in [0.1, 0.15) is 51.4 Å². The molecule has 27 heavy (non-hydrogen) atoms. The Morgan fingerprint density at radius 2 is 1.63 bits per heavy atom. The first-order valence-corrected chi connectivity index (χ1v) is 9.19. The highest BCUT2D eigenvalue weighted by Crippen LogP contribution is 2.27. The molecule has 3 aromatic rings. The highest BCUT2D eigenvalue weighted by Gasteiger charge is 2.23. The third-order valence-electron chi connectivity index (χ3n) is 5.16. The monoisotopic (exact) mass is 362 g/mol. The summed E-state index contributed by atoms with van der Waals surface area (Å²) in [5.74, 6) is -0.884. The molecule has 1 heterocycles. The summed E-state index contributed by atoms with van der Waals surface area (Å²) < 4.78 is 2.03. The van der Waals surface area contributed by atoms with Crippen LogP contribution in [-0.2, 0) is 6.54 Å². The van der Waals surface area contributed by atoms with E-state index in [0.29, 0.717) is 12.1 Å². The van der Waals surface area contributed by atoms with Gasteiger partial charge in [-0.1, -0.05) is 48.0 Å². The van der Waals surface area contributed by atoms with Crippen molar-refractivity contribution in [2.75, 3.05) is 0 Å². The Kier molecular flexibility index (Phi) is 5.47. The van der Waals surface area contributed by atoms with E-state index in [1.807, 2.05) is 67.8 Å². The summed E-state index contributed by atoms with van der Waals surface area (Å²) in [6, 6.07) is 18.5. The number of carbonyl (C=O) groups is 1. The fraction of sp³-hybridized carbons (Fsp3) is 0.261. The molecule has 2 aromatic carbocycles. The van der Waals surface area contributed by atoms with E-state index in [0.717, 1.165) is 22.6 Å². The number of carboxylic acid groups (broad SMARTS) is 1. The molecule has 4 nitrogen and oxygen atoms in total. The average Bonchev–Trinajstić information content (AvgIpc) is 2.91. The van der Waals surface area contributed by atoms with Crippen molar-refractivity contribution in [1.82, 2.24) is 9.88 Å². The van der Waals surface area contributed by atoms with Crippen LogP contribution in [0, 0.1) is 20.8 Å². The number of aromatic carboxylic acids is 1. The third kappa shape index (κ3) is 3.81. The highest BCUT2D eigenvalue weighted by atomic mass is 16.4. The van der Waals surface area contributed by atoms with Gasteiger partial charge in [-0.25, -0.2) is 4.79 Å². The summed E-state index contributed by atoms with van der Waals surface area (Å²) in [6.45, 7) is 8.50. The lowest BCUT2D eigenvalue weighted by molar-refractivity contribution is 0.0694. The number of carboxylic acids is 1. The molecule has 0 saturated heterocycles. The van der Waals surface area contributed by atoms with E-state index in [1.54, 1.807) is 0 Å². The number of hydrogen-bond donors (Lipinski definition) is 2. The van der Waals surface area contributed by atoms with Crippen LogP contribution in [0.4, 0.5) is 0 Å². The van der Waals surface area contributed by atoms with Gasteiger partial charge in [0.2, 0.25) is 0 Å². The van der Waals surface area contributed by atoms with E-state index in [4.69, 9.17) is 0 Å². The summed E-state index contributed by atoms with van der Waals surface area (Å²) in [4.78, 5) is 12.0. The minimum Gasteiger partial charge on any atom is -0.478 e. The first-order valence-electron chi connectivity index (χ1n) is 9.19. The van der Waals surface area contributed by atoms with Crippen LogP contribution < -0.4 is 5.32 Å². The Morgan fingerprint density at radius 1 is 1.00 bits per heavy atom. The molecule has 140 valence electrons. The Bertz CT molecular complexity index is 941. The number of hydrogen-bond acceptors (Lipinski definition) is 2. The molecule has 0 bridgehead atoms. The standard InChI is InChI=1S/C23H26N2O2/c1-15-10-12-20(13-11-15)25-17(3)21(22(18(25)4)23(26)27)14-24-16(2)19-8-6-5-7-9-19/h5-13,16,24H,14H2,1-4H3,(H,26,27)/t16-/m0/s1. The van der Waals surface area contributed by atoms with Crippen LogP contribution in [0.2, 0.25) is 0 Å². The van der Waals surface area contributed by atoms with Crippen molar-refractivity contribution in [2.24, 2.45) is 0 Å². The second-order valence-electron chi connectivity index (χ2n) is 7.01. The average molecular weight is 362 g/mol. The maximum absolute atomic E-state index is 12.0. The molecule has 3 rings (SSSR count). The summed E-state index contributed by atoms with van der Waals surface area (Å²) in [7, 11) is 0. The first kappa shape index (κ1) is 18.9. The topological polar surface area (TPSA) is 54.3 Å². The van der Waals surface area contributed by atoms with Gasteiger partial charge in [0.1, 0.15) is 0 Å². The Labute approximate surface area is 160 Å². The van der Waals surface area contributed by atoms with Crippen molar-refractivity contribution in [1.29, 1.82) is 0 Å². The van der Waals surface area contributed by atoms with Gasteiger partial charge in [0.15, 0.2) is 0 Å². The summed E-state index contributed by atoms with van der Waals surface area (Å²) >= 11 is 0. The molecule has 0 radical (unpaired) electrons. The number of nitrogens with one attached hydrogen (secondary N) is 1. The van der Waals surface area contributed by atoms with Gasteiger partial charge in [-0.15, -0.1) is 0 Å². The summed E-state index contributed by atoms with van der Waals surface area (Å²) in [5.41, 5.74) is 6.29. The van der Waals surface area contributed by atoms with Gasteiger partial charge in [0.05, 0.1) is 5.56 Å². The Morgan fingerprint density at radius 3 is 2.22 bits per heavy atom. The zero-order valence-electron chi connectivity index (χ0n) is 16.3. The highest BCUT2D eigenvalue weighted by molar-refractivity contribution is 5.91. The second-order valence-corrected chi connectivity index (χ2v) is 7.01. The largest absolute Gasteiger partial charge is 0.478 e.